The standard InChI is InChI=1S/C17H11F6N3OS/c1-26(7-12(27)24-10-6-5-9(18)13(19)14(10)20)16-25-15-8(17(21,22)23)3-2-4-11(15)28-16/h2-6H,7H2,1H3,(H,24,27). The van der Waals surface area contributed by atoms with Crippen LogP contribution in [0.2, 0.25) is 0 Å². The highest BCUT2D eigenvalue weighted by molar-refractivity contribution is 7.22. The van der Waals surface area contributed by atoms with Crippen LogP contribution in [0.1, 0.15) is 5.56 Å². The molecule has 2 aromatic carbocycles. The van der Waals surface area contributed by atoms with Crippen LogP contribution in [0, 0.1) is 17.5 Å². The Hall–Kier alpha value is -2.82. The molecule has 1 amide bonds. The summed E-state index contributed by atoms with van der Waals surface area (Å²) >= 11 is 0.943. The molecule has 0 atom stereocenters. The number of fused-ring (bicyclic) bond motifs is 1. The van der Waals surface area contributed by atoms with Gasteiger partial charge in [-0.05, 0) is 24.3 Å². The molecule has 0 unspecified atom stereocenters. The number of halogens is 6. The third-order valence-corrected chi connectivity index (χ3v) is 4.86. The fraction of sp³-hybridized carbons (Fsp3) is 0.176. The molecule has 1 heterocycles. The van der Waals surface area contributed by atoms with Gasteiger partial charge >= 0.3 is 6.18 Å². The Labute approximate surface area is 158 Å². The van der Waals surface area contributed by atoms with Gasteiger partial charge in [-0.15, -0.1) is 0 Å². The Balaban J connectivity index is 1.79. The number of para-hydroxylation sites is 1. The van der Waals surface area contributed by atoms with E-state index in [9.17, 15) is 31.1 Å². The number of anilines is 2. The molecule has 11 heteroatoms. The first-order valence-corrected chi connectivity index (χ1v) is 8.51. The van der Waals surface area contributed by atoms with E-state index in [1.807, 2.05) is 0 Å². The predicted octanol–water partition coefficient (Wildman–Crippen LogP) is 4.81. The van der Waals surface area contributed by atoms with E-state index in [2.05, 4.69) is 10.3 Å². The summed E-state index contributed by atoms with van der Waals surface area (Å²) in [6.07, 6.45) is -4.58. The fourth-order valence-corrected chi connectivity index (χ4v) is 3.38. The highest BCUT2D eigenvalue weighted by atomic mass is 32.1. The van der Waals surface area contributed by atoms with E-state index >= 15 is 0 Å². The van der Waals surface area contributed by atoms with Gasteiger partial charge in [-0.2, -0.15) is 13.2 Å². The molecule has 4 nitrogen and oxygen atoms in total. The smallest absolute Gasteiger partial charge is 0.342 e. The number of amides is 1. The zero-order chi connectivity index (χ0) is 20.6. The van der Waals surface area contributed by atoms with Crippen molar-refractivity contribution in [1.29, 1.82) is 0 Å². The summed E-state index contributed by atoms with van der Waals surface area (Å²) in [5.74, 6) is -5.46. The second-order valence-electron chi connectivity index (χ2n) is 5.77. The molecule has 0 fully saturated rings. The molecule has 0 aliphatic carbocycles. The van der Waals surface area contributed by atoms with Crippen LogP contribution < -0.4 is 10.2 Å². The Morgan fingerprint density at radius 3 is 2.54 bits per heavy atom. The van der Waals surface area contributed by atoms with Gasteiger partial charge in [0.05, 0.1) is 28.0 Å². The molecule has 3 aromatic rings. The second kappa shape index (κ2) is 7.30. The van der Waals surface area contributed by atoms with Gasteiger partial charge in [-0.25, -0.2) is 18.2 Å². The molecule has 1 aromatic heterocycles. The summed E-state index contributed by atoms with van der Waals surface area (Å²) in [6, 6.07) is 5.15. The molecule has 3 rings (SSSR count). The van der Waals surface area contributed by atoms with Crippen LogP contribution >= 0.6 is 11.3 Å². The average molecular weight is 419 g/mol. The summed E-state index contributed by atoms with van der Waals surface area (Å²) in [5.41, 5.74) is -1.69. The van der Waals surface area contributed by atoms with Crippen LogP contribution in [0.25, 0.3) is 10.2 Å². The lowest BCUT2D eigenvalue weighted by molar-refractivity contribution is -0.136. The second-order valence-corrected chi connectivity index (χ2v) is 6.78. The van der Waals surface area contributed by atoms with Gasteiger partial charge in [0.1, 0.15) is 0 Å². The van der Waals surface area contributed by atoms with Crippen molar-refractivity contribution < 1.29 is 31.1 Å². The molecule has 0 bridgehead atoms. The molecule has 0 spiro atoms. The van der Waals surface area contributed by atoms with E-state index in [1.165, 1.54) is 24.1 Å². The molecule has 0 aliphatic heterocycles. The van der Waals surface area contributed by atoms with Crippen LogP contribution in [0.5, 0.6) is 0 Å². The van der Waals surface area contributed by atoms with E-state index in [1.54, 1.807) is 0 Å². The SMILES string of the molecule is CN(CC(=O)Nc1ccc(F)c(F)c1F)c1nc2c(C(F)(F)F)cccc2s1. The summed E-state index contributed by atoms with van der Waals surface area (Å²) in [5, 5.41) is 2.21. The number of nitrogens with one attached hydrogen (secondary N) is 1. The molecule has 0 radical (unpaired) electrons. The number of likely N-dealkylation sites (N-methyl/N-ethyl adjacent to an activating group) is 1. The van der Waals surface area contributed by atoms with Crippen molar-refractivity contribution >= 4 is 38.3 Å². The minimum Gasteiger partial charge on any atom is -0.342 e. The minimum atomic E-state index is -4.58. The van der Waals surface area contributed by atoms with Crippen LogP contribution in [-0.2, 0) is 11.0 Å². The van der Waals surface area contributed by atoms with Crippen molar-refractivity contribution in [1.82, 2.24) is 4.98 Å². The first-order valence-electron chi connectivity index (χ1n) is 7.69. The molecule has 28 heavy (non-hydrogen) atoms. The topological polar surface area (TPSA) is 45.2 Å². The number of thiazole rings is 1. The van der Waals surface area contributed by atoms with Crippen molar-refractivity contribution in [3.8, 4) is 0 Å². The first-order chi connectivity index (χ1) is 13.1. The zero-order valence-corrected chi connectivity index (χ0v) is 14.9. The van der Waals surface area contributed by atoms with E-state index in [0.717, 1.165) is 23.5 Å². The van der Waals surface area contributed by atoms with E-state index in [4.69, 9.17) is 0 Å². The van der Waals surface area contributed by atoms with E-state index in [0.29, 0.717) is 6.07 Å². The van der Waals surface area contributed by atoms with Crippen LogP contribution in [0.3, 0.4) is 0 Å². The first kappa shape index (κ1) is 19.9. The highest BCUT2D eigenvalue weighted by Gasteiger charge is 2.34. The van der Waals surface area contributed by atoms with Crippen molar-refractivity contribution in [2.75, 3.05) is 23.8 Å². The average Bonchev–Trinajstić information content (AvgIpc) is 3.05. The third-order valence-electron chi connectivity index (χ3n) is 3.73. The van der Waals surface area contributed by atoms with Gasteiger partial charge in [0.25, 0.3) is 0 Å². The Morgan fingerprint density at radius 2 is 1.86 bits per heavy atom. The fourth-order valence-electron chi connectivity index (χ4n) is 2.42. The summed E-state index contributed by atoms with van der Waals surface area (Å²) in [7, 11) is 1.41. The predicted molar refractivity (Wildman–Crippen MR) is 92.8 cm³/mol. The molecular formula is C17H11F6N3OS. The monoisotopic (exact) mass is 419 g/mol. The summed E-state index contributed by atoms with van der Waals surface area (Å²) in [4.78, 5) is 17.3. The van der Waals surface area contributed by atoms with Crippen molar-refractivity contribution in [2.45, 2.75) is 6.18 Å². The van der Waals surface area contributed by atoms with Crippen LogP contribution in [0.15, 0.2) is 30.3 Å². The maximum atomic E-state index is 13.6. The number of hydrogen-bond donors (Lipinski definition) is 1. The normalized spacial score (nSPS) is 11.7. The van der Waals surface area contributed by atoms with Crippen LogP contribution in [0.4, 0.5) is 37.2 Å². The number of carbonyl (C=O) groups is 1. The number of carbonyl (C=O) groups excluding carboxylic acids is 1. The molecule has 0 saturated carbocycles. The maximum absolute atomic E-state index is 13.6. The molecule has 1 N–H and O–H groups in total. The lowest BCUT2D eigenvalue weighted by Crippen LogP contribution is -2.30. The number of aromatic nitrogens is 1. The molecule has 0 saturated heterocycles. The van der Waals surface area contributed by atoms with Gasteiger partial charge in [-0.1, -0.05) is 17.4 Å². The number of nitrogens with zero attached hydrogens (tertiary/aromatic N) is 2. The van der Waals surface area contributed by atoms with E-state index in [-0.39, 0.29) is 15.3 Å². The van der Waals surface area contributed by atoms with Gasteiger partial charge in [-0.3, -0.25) is 4.79 Å². The number of benzene rings is 2. The summed E-state index contributed by atoms with van der Waals surface area (Å²) in [6.45, 7) is -0.403. The van der Waals surface area contributed by atoms with Gasteiger partial charge < -0.3 is 10.2 Å². The maximum Gasteiger partial charge on any atom is 0.418 e. The Morgan fingerprint density at radius 1 is 1.14 bits per heavy atom. The zero-order valence-electron chi connectivity index (χ0n) is 14.1. The summed E-state index contributed by atoms with van der Waals surface area (Å²) < 4.78 is 79.3. The van der Waals surface area contributed by atoms with Crippen molar-refractivity contribution in [3.63, 3.8) is 0 Å². The Bertz CT molecular complexity index is 1050. The van der Waals surface area contributed by atoms with Crippen molar-refractivity contribution in [2.24, 2.45) is 0 Å². The van der Waals surface area contributed by atoms with Gasteiger partial charge in [0.15, 0.2) is 22.6 Å². The molecular weight excluding hydrogens is 408 g/mol. The van der Waals surface area contributed by atoms with E-state index < -0.39 is 47.3 Å². The van der Waals surface area contributed by atoms with Gasteiger partial charge in [0, 0.05) is 7.05 Å². The lowest BCUT2D eigenvalue weighted by atomic mass is 10.2. The quantitative estimate of drug-likeness (QED) is 0.488. The third kappa shape index (κ3) is 3.88. The molecule has 0 aliphatic rings. The number of alkyl halides is 3. The number of rotatable bonds is 4. The minimum absolute atomic E-state index is 0.132. The van der Waals surface area contributed by atoms with Crippen LogP contribution in [-0.4, -0.2) is 24.5 Å². The van der Waals surface area contributed by atoms with Gasteiger partial charge in [0.2, 0.25) is 5.91 Å². The Kier molecular flexibility index (Phi) is 5.20. The van der Waals surface area contributed by atoms with Crippen molar-refractivity contribution in [3.05, 3.63) is 53.3 Å². The number of hydrogen-bond acceptors (Lipinski definition) is 4. The molecule has 148 valence electrons. The lowest BCUT2D eigenvalue weighted by Gasteiger charge is -2.15. The largest absolute Gasteiger partial charge is 0.418 e. The highest BCUT2D eigenvalue weighted by Crippen LogP contribution is 2.38.